The number of amides is 2. The molecule has 1 aliphatic heterocycles. The fourth-order valence-corrected chi connectivity index (χ4v) is 4.12. The molecule has 1 saturated carbocycles. The van der Waals surface area contributed by atoms with Crippen LogP contribution in [0.5, 0.6) is 5.75 Å². The number of imidazole rings is 1. The lowest BCUT2D eigenvalue weighted by Gasteiger charge is -2.23. The number of ether oxygens (including phenoxy) is 1. The summed E-state index contributed by atoms with van der Waals surface area (Å²) in [7, 11) is 0. The quantitative estimate of drug-likeness (QED) is 0.618. The van der Waals surface area contributed by atoms with Crippen LogP contribution in [-0.4, -0.2) is 51.4 Å². The molecule has 2 N–H and O–H groups in total. The Kier molecular flexibility index (Phi) is 5.32. The Morgan fingerprint density at radius 1 is 1.10 bits per heavy atom. The maximum Gasteiger partial charge on any atom is 0.243 e. The smallest absolute Gasteiger partial charge is 0.243 e. The van der Waals surface area contributed by atoms with Crippen LogP contribution < -0.4 is 10.1 Å². The molecular weight excluding hydrogens is 392 g/mol. The first kappa shape index (κ1) is 19.6. The molecule has 2 amide bonds. The number of aromatic nitrogens is 2. The van der Waals surface area contributed by atoms with E-state index < -0.39 is 6.04 Å². The second-order valence-corrected chi connectivity index (χ2v) is 8.33. The minimum Gasteiger partial charge on any atom is -0.488 e. The molecular formula is C24H26N4O3. The molecule has 0 spiro atoms. The summed E-state index contributed by atoms with van der Waals surface area (Å²) in [6.07, 6.45) is 3.14. The fourth-order valence-electron chi connectivity index (χ4n) is 4.12. The zero-order chi connectivity index (χ0) is 21.2. The lowest BCUT2D eigenvalue weighted by atomic mass is 10.1. The molecule has 2 heterocycles. The molecule has 31 heavy (non-hydrogen) atoms. The molecule has 5 rings (SSSR count). The van der Waals surface area contributed by atoms with Crippen molar-refractivity contribution >= 4 is 22.8 Å². The van der Waals surface area contributed by atoms with Gasteiger partial charge >= 0.3 is 0 Å². The number of carbonyl (C=O) groups excluding carboxylic acids is 2. The number of benzene rings is 2. The van der Waals surface area contributed by atoms with Crippen LogP contribution in [0.3, 0.4) is 0 Å². The third-order valence-corrected chi connectivity index (χ3v) is 5.87. The Balaban J connectivity index is 1.26. The lowest BCUT2D eigenvalue weighted by molar-refractivity contribution is -0.138. The highest BCUT2D eigenvalue weighted by Crippen LogP contribution is 2.26. The first-order valence-electron chi connectivity index (χ1n) is 10.9. The van der Waals surface area contributed by atoms with Crippen molar-refractivity contribution in [2.24, 2.45) is 0 Å². The normalized spacial score (nSPS) is 20.7. The molecule has 1 saturated heterocycles. The van der Waals surface area contributed by atoms with Crippen LogP contribution in [0.2, 0.25) is 0 Å². The van der Waals surface area contributed by atoms with Crippen molar-refractivity contribution < 1.29 is 14.3 Å². The van der Waals surface area contributed by atoms with Gasteiger partial charge in [0.05, 0.1) is 17.6 Å². The first-order valence-corrected chi connectivity index (χ1v) is 10.9. The van der Waals surface area contributed by atoms with E-state index in [1.165, 1.54) is 0 Å². The molecule has 2 atom stereocenters. The molecule has 0 unspecified atom stereocenters. The van der Waals surface area contributed by atoms with Gasteiger partial charge in [0.2, 0.25) is 11.8 Å². The number of hydrogen-bond acceptors (Lipinski definition) is 4. The van der Waals surface area contributed by atoms with Crippen molar-refractivity contribution in [1.29, 1.82) is 0 Å². The minimum absolute atomic E-state index is 0.0458. The number of rotatable bonds is 7. The molecule has 1 aromatic heterocycles. The molecule has 7 nitrogen and oxygen atoms in total. The summed E-state index contributed by atoms with van der Waals surface area (Å²) in [6, 6.07) is 17.1. The number of fused-ring (bicyclic) bond motifs is 1. The standard InChI is InChI=1S/C24H26N4O3/c29-23(13-12-22-26-19-8-4-5-9-20(19)27-22)28-15-18(31-17-6-2-1-3-7-17)14-21(28)24(30)25-16-10-11-16/h1-9,16,18,21H,10-15H2,(H,25,30)(H,26,27)/t18-,21-/m0/s1. The number of carbonyl (C=O) groups is 2. The van der Waals surface area contributed by atoms with Crippen LogP contribution in [0.15, 0.2) is 54.6 Å². The predicted molar refractivity (Wildman–Crippen MR) is 117 cm³/mol. The van der Waals surface area contributed by atoms with Crippen molar-refractivity contribution in [1.82, 2.24) is 20.2 Å². The van der Waals surface area contributed by atoms with E-state index in [4.69, 9.17) is 4.74 Å². The van der Waals surface area contributed by atoms with Crippen molar-refractivity contribution in [3.63, 3.8) is 0 Å². The van der Waals surface area contributed by atoms with Crippen LogP contribution >= 0.6 is 0 Å². The number of nitrogens with zero attached hydrogens (tertiary/aromatic N) is 2. The van der Waals surface area contributed by atoms with Crippen molar-refractivity contribution in [2.75, 3.05) is 6.54 Å². The average Bonchev–Trinajstić information content (AvgIpc) is 3.34. The number of likely N-dealkylation sites (tertiary alicyclic amines) is 1. The van der Waals surface area contributed by atoms with E-state index in [1.54, 1.807) is 4.90 Å². The van der Waals surface area contributed by atoms with Crippen LogP contribution in [0.25, 0.3) is 11.0 Å². The largest absolute Gasteiger partial charge is 0.488 e. The lowest BCUT2D eigenvalue weighted by Crippen LogP contribution is -2.46. The Morgan fingerprint density at radius 3 is 2.65 bits per heavy atom. The van der Waals surface area contributed by atoms with Crippen LogP contribution in [0.4, 0.5) is 0 Å². The molecule has 0 radical (unpaired) electrons. The molecule has 160 valence electrons. The van der Waals surface area contributed by atoms with E-state index in [2.05, 4.69) is 15.3 Å². The summed E-state index contributed by atoms with van der Waals surface area (Å²) in [4.78, 5) is 35.4. The van der Waals surface area contributed by atoms with Gasteiger partial charge in [0.25, 0.3) is 0 Å². The zero-order valence-electron chi connectivity index (χ0n) is 17.3. The van der Waals surface area contributed by atoms with Crippen LogP contribution in [-0.2, 0) is 16.0 Å². The number of hydrogen-bond donors (Lipinski definition) is 2. The monoisotopic (exact) mass is 418 g/mol. The van der Waals surface area contributed by atoms with Gasteiger partial charge < -0.3 is 19.9 Å². The summed E-state index contributed by atoms with van der Waals surface area (Å²) in [6.45, 7) is 0.413. The number of H-pyrrole nitrogens is 1. The van der Waals surface area contributed by atoms with Crippen LogP contribution in [0, 0.1) is 0 Å². The maximum atomic E-state index is 13.1. The van der Waals surface area contributed by atoms with Crippen LogP contribution in [0.1, 0.15) is 31.5 Å². The molecule has 0 bridgehead atoms. The highest BCUT2D eigenvalue weighted by molar-refractivity contribution is 5.89. The van der Waals surface area contributed by atoms with Gasteiger partial charge in [-0.1, -0.05) is 30.3 Å². The number of aromatic amines is 1. The van der Waals surface area contributed by atoms with Gasteiger partial charge in [0, 0.05) is 25.3 Å². The van der Waals surface area contributed by atoms with Gasteiger partial charge in [-0.2, -0.15) is 0 Å². The third-order valence-electron chi connectivity index (χ3n) is 5.87. The van der Waals surface area contributed by atoms with Gasteiger partial charge in [0.1, 0.15) is 23.7 Å². The van der Waals surface area contributed by atoms with E-state index in [0.717, 1.165) is 35.4 Å². The molecule has 1 aliphatic carbocycles. The Labute approximate surface area is 180 Å². The summed E-state index contributed by atoms with van der Waals surface area (Å²) in [5, 5.41) is 3.05. The van der Waals surface area contributed by atoms with E-state index in [9.17, 15) is 9.59 Å². The highest BCUT2D eigenvalue weighted by atomic mass is 16.5. The number of aryl methyl sites for hydroxylation is 1. The summed E-state index contributed by atoms with van der Waals surface area (Å²) in [5.74, 6) is 1.42. The van der Waals surface area contributed by atoms with Gasteiger partial charge in [-0.15, -0.1) is 0 Å². The molecule has 7 heteroatoms. The van der Waals surface area contributed by atoms with Crippen molar-refractivity contribution in [3.8, 4) is 5.75 Å². The average molecular weight is 418 g/mol. The second-order valence-electron chi connectivity index (χ2n) is 8.33. The minimum atomic E-state index is -0.488. The predicted octanol–water partition coefficient (Wildman–Crippen LogP) is 2.82. The molecule has 2 aliphatic rings. The number of para-hydroxylation sites is 3. The fraction of sp³-hybridized carbons (Fsp3) is 0.375. The van der Waals surface area contributed by atoms with Gasteiger partial charge in [-0.05, 0) is 37.1 Å². The Morgan fingerprint density at radius 2 is 1.87 bits per heavy atom. The SMILES string of the molecule is O=C(NC1CC1)[C@@H]1C[C@H](Oc2ccccc2)CN1C(=O)CCc1nc2ccccc2[nH]1. The van der Waals surface area contributed by atoms with Gasteiger partial charge in [0.15, 0.2) is 0 Å². The summed E-state index contributed by atoms with van der Waals surface area (Å²) in [5.41, 5.74) is 1.85. The van der Waals surface area contributed by atoms with E-state index in [0.29, 0.717) is 25.8 Å². The van der Waals surface area contributed by atoms with Gasteiger partial charge in [-0.3, -0.25) is 9.59 Å². The molecule has 2 fully saturated rings. The first-order chi connectivity index (χ1) is 15.2. The number of nitrogens with one attached hydrogen (secondary N) is 2. The molecule has 3 aromatic rings. The third kappa shape index (κ3) is 4.55. The summed E-state index contributed by atoms with van der Waals surface area (Å²) < 4.78 is 6.07. The second kappa shape index (κ2) is 8.41. The van der Waals surface area contributed by atoms with E-state index >= 15 is 0 Å². The van der Waals surface area contributed by atoms with E-state index in [-0.39, 0.29) is 24.0 Å². The maximum absolute atomic E-state index is 13.1. The topological polar surface area (TPSA) is 87.3 Å². The Hall–Kier alpha value is -3.35. The highest BCUT2D eigenvalue weighted by Gasteiger charge is 2.41. The van der Waals surface area contributed by atoms with E-state index in [1.807, 2.05) is 54.6 Å². The van der Waals surface area contributed by atoms with Crippen molar-refractivity contribution in [3.05, 3.63) is 60.4 Å². The van der Waals surface area contributed by atoms with Gasteiger partial charge in [-0.25, -0.2) is 4.98 Å². The molecule has 2 aromatic carbocycles. The summed E-state index contributed by atoms with van der Waals surface area (Å²) >= 11 is 0. The zero-order valence-corrected chi connectivity index (χ0v) is 17.3. The Bertz CT molecular complexity index is 1040. The van der Waals surface area contributed by atoms with Crippen molar-refractivity contribution in [2.45, 2.75) is 50.3 Å².